The van der Waals surface area contributed by atoms with Gasteiger partial charge in [-0.1, -0.05) is 0 Å². The molecule has 1 aromatic heterocycles. The number of aromatic nitrogens is 1. The van der Waals surface area contributed by atoms with Gasteiger partial charge in [0.05, 0.1) is 23.4 Å². The maximum atomic E-state index is 13.9. The zero-order valence-electron chi connectivity index (χ0n) is 10.2. The quantitative estimate of drug-likeness (QED) is 0.795. The van der Waals surface area contributed by atoms with E-state index in [9.17, 15) is 9.18 Å². The minimum absolute atomic E-state index is 0.136. The van der Waals surface area contributed by atoms with Gasteiger partial charge >= 0.3 is 0 Å². The third-order valence-corrected chi connectivity index (χ3v) is 3.28. The summed E-state index contributed by atoms with van der Waals surface area (Å²) in [5.74, 6) is -0.525. The summed E-state index contributed by atoms with van der Waals surface area (Å²) in [6, 6.07) is 4.53. The predicted octanol–water partition coefficient (Wildman–Crippen LogP) is 3.12. The van der Waals surface area contributed by atoms with E-state index < -0.39 is 0 Å². The van der Waals surface area contributed by atoms with Crippen molar-refractivity contribution in [1.82, 2.24) is 4.98 Å². The zero-order chi connectivity index (χ0) is 13.1. The molecule has 0 unspecified atom stereocenters. The van der Waals surface area contributed by atoms with Gasteiger partial charge in [0, 0.05) is 18.0 Å². The second-order valence-electron chi connectivity index (χ2n) is 4.06. The predicted molar refractivity (Wildman–Crippen MR) is 70.6 cm³/mol. The van der Waals surface area contributed by atoms with Gasteiger partial charge in [-0.2, -0.15) is 0 Å². The maximum absolute atomic E-state index is 13.9. The largest absolute Gasteiger partial charge is 0.366 e. The van der Waals surface area contributed by atoms with Crippen molar-refractivity contribution in [2.24, 2.45) is 0 Å². The van der Waals surface area contributed by atoms with Crippen molar-refractivity contribution in [3.63, 3.8) is 0 Å². The molecule has 0 aliphatic rings. The normalized spacial score (nSPS) is 10.4. The molecule has 1 aromatic carbocycles. The van der Waals surface area contributed by atoms with Crippen LogP contribution in [0.5, 0.6) is 0 Å². The highest BCUT2D eigenvalue weighted by molar-refractivity contribution is 7.07. The van der Waals surface area contributed by atoms with E-state index in [-0.39, 0.29) is 11.6 Å². The lowest BCUT2D eigenvalue weighted by Crippen LogP contribution is -2.18. The molecule has 2 aromatic rings. The number of Topliss-reactive ketones (excluding diaryl/α,β-unsaturated/α-hetero) is 1. The summed E-state index contributed by atoms with van der Waals surface area (Å²) in [5.41, 5.74) is 3.50. The number of hydrogen-bond donors (Lipinski definition) is 0. The number of carbonyl (C=O) groups excluding carboxylic acids is 1. The summed E-state index contributed by atoms with van der Waals surface area (Å²) in [4.78, 5) is 17.1. The second-order valence-corrected chi connectivity index (χ2v) is 4.78. The molecule has 0 radical (unpaired) electrons. The van der Waals surface area contributed by atoms with Crippen LogP contribution in [0.15, 0.2) is 29.1 Å². The first-order valence-electron chi connectivity index (χ1n) is 5.46. The summed E-state index contributed by atoms with van der Waals surface area (Å²) >= 11 is 1.51. The summed E-state index contributed by atoms with van der Waals surface area (Å²) in [7, 11) is 1.80. The minimum Gasteiger partial charge on any atom is -0.366 e. The van der Waals surface area contributed by atoms with Crippen LogP contribution < -0.4 is 4.90 Å². The Morgan fingerprint density at radius 1 is 1.50 bits per heavy atom. The number of rotatable bonds is 4. The molecule has 3 nitrogen and oxygen atoms in total. The van der Waals surface area contributed by atoms with Crippen molar-refractivity contribution >= 4 is 22.8 Å². The average Bonchev–Trinajstić information content (AvgIpc) is 2.81. The van der Waals surface area contributed by atoms with Gasteiger partial charge in [0.1, 0.15) is 5.82 Å². The molecule has 0 spiro atoms. The summed E-state index contributed by atoms with van der Waals surface area (Å²) in [6.45, 7) is 1.97. The second kappa shape index (κ2) is 5.27. The van der Waals surface area contributed by atoms with Crippen molar-refractivity contribution in [3.05, 3.63) is 46.2 Å². The van der Waals surface area contributed by atoms with Gasteiger partial charge in [-0.05, 0) is 25.1 Å². The van der Waals surface area contributed by atoms with E-state index in [1.54, 1.807) is 29.6 Å². The molecule has 94 valence electrons. The van der Waals surface area contributed by atoms with E-state index in [4.69, 9.17) is 0 Å². The molecule has 0 aliphatic heterocycles. The van der Waals surface area contributed by atoms with Crippen LogP contribution in [0.3, 0.4) is 0 Å². The Morgan fingerprint density at radius 3 is 2.83 bits per heavy atom. The van der Waals surface area contributed by atoms with Crippen LogP contribution in [0, 0.1) is 5.82 Å². The highest BCUT2D eigenvalue weighted by Crippen LogP contribution is 2.21. The summed E-state index contributed by atoms with van der Waals surface area (Å²) in [5, 5.41) is 1.93. The molecule has 0 amide bonds. The molecular formula is C13H13FN2OS. The number of benzene rings is 1. The first-order chi connectivity index (χ1) is 8.58. The van der Waals surface area contributed by atoms with E-state index >= 15 is 0 Å². The Balaban J connectivity index is 2.20. The monoisotopic (exact) mass is 264 g/mol. The van der Waals surface area contributed by atoms with Gasteiger partial charge in [-0.25, -0.2) is 9.37 Å². The number of anilines is 1. The molecule has 0 saturated heterocycles. The van der Waals surface area contributed by atoms with Crippen molar-refractivity contribution < 1.29 is 9.18 Å². The Hall–Kier alpha value is -1.75. The van der Waals surface area contributed by atoms with Crippen LogP contribution >= 0.6 is 11.3 Å². The highest BCUT2D eigenvalue weighted by atomic mass is 32.1. The van der Waals surface area contributed by atoms with Crippen molar-refractivity contribution in [2.45, 2.75) is 13.5 Å². The lowest BCUT2D eigenvalue weighted by Gasteiger charge is -2.19. The fraction of sp³-hybridized carbons (Fsp3) is 0.231. The maximum Gasteiger partial charge on any atom is 0.159 e. The Kier molecular flexibility index (Phi) is 3.72. The van der Waals surface area contributed by atoms with Crippen LogP contribution in [0.1, 0.15) is 23.0 Å². The molecule has 2 rings (SSSR count). The number of ketones is 1. The van der Waals surface area contributed by atoms with Gasteiger partial charge in [0.2, 0.25) is 0 Å². The van der Waals surface area contributed by atoms with E-state index in [2.05, 4.69) is 4.98 Å². The minimum atomic E-state index is -0.388. The van der Waals surface area contributed by atoms with E-state index in [0.717, 1.165) is 5.69 Å². The summed E-state index contributed by atoms with van der Waals surface area (Å²) in [6.07, 6.45) is 0. The van der Waals surface area contributed by atoms with Crippen LogP contribution in [-0.4, -0.2) is 17.8 Å². The first-order valence-corrected chi connectivity index (χ1v) is 6.41. The molecule has 0 N–H and O–H groups in total. The molecule has 0 aliphatic carbocycles. The number of carbonyl (C=O) groups is 1. The lowest BCUT2D eigenvalue weighted by molar-refractivity contribution is 0.101. The third kappa shape index (κ3) is 2.73. The SMILES string of the molecule is CC(=O)c1ccc(N(C)Cc2cscn2)c(F)c1. The first kappa shape index (κ1) is 12.7. The molecule has 0 atom stereocenters. The summed E-state index contributed by atoms with van der Waals surface area (Å²) < 4.78 is 13.9. The molecular weight excluding hydrogens is 251 g/mol. The fourth-order valence-electron chi connectivity index (χ4n) is 1.68. The molecule has 0 saturated carbocycles. The van der Waals surface area contributed by atoms with Crippen molar-refractivity contribution in [1.29, 1.82) is 0 Å². The molecule has 0 fully saturated rings. The van der Waals surface area contributed by atoms with Gasteiger partial charge in [-0.3, -0.25) is 4.79 Å². The Labute approximate surface area is 109 Å². The molecule has 1 heterocycles. The molecule has 0 bridgehead atoms. The van der Waals surface area contributed by atoms with Crippen molar-refractivity contribution in [2.75, 3.05) is 11.9 Å². The van der Waals surface area contributed by atoms with E-state index in [0.29, 0.717) is 17.8 Å². The van der Waals surface area contributed by atoms with E-state index in [1.807, 2.05) is 5.38 Å². The number of halogens is 1. The van der Waals surface area contributed by atoms with Gasteiger partial charge in [0.25, 0.3) is 0 Å². The third-order valence-electron chi connectivity index (χ3n) is 2.65. The number of hydrogen-bond acceptors (Lipinski definition) is 4. The van der Waals surface area contributed by atoms with Crippen LogP contribution in [-0.2, 0) is 6.54 Å². The van der Waals surface area contributed by atoms with Crippen molar-refractivity contribution in [3.8, 4) is 0 Å². The smallest absolute Gasteiger partial charge is 0.159 e. The van der Waals surface area contributed by atoms with Gasteiger partial charge in [-0.15, -0.1) is 11.3 Å². The number of nitrogens with zero attached hydrogens (tertiary/aromatic N) is 2. The van der Waals surface area contributed by atoms with Crippen LogP contribution in [0.2, 0.25) is 0 Å². The highest BCUT2D eigenvalue weighted by Gasteiger charge is 2.11. The Morgan fingerprint density at radius 2 is 2.28 bits per heavy atom. The fourth-order valence-corrected chi connectivity index (χ4v) is 2.23. The topological polar surface area (TPSA) is 33.2 Å². The average molecular weight is 264 g/mol. The van der Waals surface area contributed by atoms with Crippen LogP contribution in [0.25, 0.3) is 0 Å². The number of thiazole rings is 1. The molecule has 18 heavy (non-hydrogen) atoms. The Bertz CT molecular complexity index is 554. The zero-order valence-corrected chi connectivity index (χ0v) is 11.0. The standard InChI is InChI=1S/C13H13FN2OS/c1-9(17)10-3-4-13(12(14)5-10)16(2)6-11-7-18-8-15-11/h3-5,7-8H,6H2,1-2H3. The molecule has 5 heteroatoms. The van der Waals surface area contributed by atoms with Crippen LogP contribution in [0.4, 0.5) is 10.1 Å². The van der Waals surface area contributed by atoms with Gasteiger partial charge < -0.3 is 4.90 Å². The van der Waals surface area contributed by atoms with Gasteiger partial charge in [0.15, 0.2) is 5.78 Å². The van der Waals surface area contributed by atoms with E-state index in [1.165, 1.54) is 24.3 Å². The lowest BCUT2D eigenvalue weighted by atomic mass is 10.1.